The number of halogens is 1. The molecule has 0 aliphatic carbocycles. The third-order valence-electron chi connectivity index (χ3n) is 3.78. The number of ether oxygens (including phenoxy) is 1. The van der Waals surface area contributed by atoms with E-state index >= 15 is 0 Å². The third kappa shape index (κ3) is 3.89. The van der Waals surface area contributed by atoms with Gasteiger partial charge >= 0.3 is 0 Å². The van der Waals surface area contributed by atoms with Crippen molar-refractivity contribution < 1.29 is 9.66 Å². The highest BCUT2D eigenvalue weighted by molar-refractivity contribution is 9.10. The number of rotatable bonds is 5. The van der Waals surface area contributed by atoms with Crippen LogP contribution in [0.2, 0.25) is 0 Å². The Morgan fingerprint density at radius 2 is 2.18 bits per heavy atom. The van der Waals surface area contributed by atoms with Crippen molar-refractivity contribution in [2.24, 2.45) is 5.10 Å². The molecule has 1 heterocycles. The number of aromatic nitrogens is 2. The summed E-state index contributed by atoms with van der Waals surface area (Å²) in [6.07, 6.45) is 1.26. The van der Waals surface area contributed by atoms with Crippen LogP contribution in [0.1, 0.15) is 11.4 Å². The highest BCUT2D eigenvalue weighted by atomic mass is 79.9. The lowest BCUT2D eigenvalue weighted by Gasteiger charge is -2.07. The molecule has 0 aliphatic heterocycles. The summed E-state index contributed by atoms with van der Waals surface area (Å²) in [5, 5.41) is 24.2. The van der Waals surface area contributed by atoms with Gasteiger partial charge in [0, 0.05) is 22.2 Å². The number of non-ortho nitro benzene ring substituents is 1. The number of nitriles is 1. The zero-order chi connectivity index (χ0) is 20.3. The molecule has 0 fully saturated rings. The summed E-state index contributed by atoms with van der Waals surface area (Å²) in [6.45, 7) is 1.39. The molecule has 0 unspecified atom stereocenters. The van der Waals surface area contributed by atoms with E-state index in [-0.39, 0.29) is 29.2 Å². The Hall–Kier alpha value is -3.58. The summed E-state index contributed by atoms with van der Waals surface area (Å²) in [6, 6.07) is 10.9. The second-order valence-corrected chi connectivity index (χ2v) is 6.52. The van der Waals surface area contributed by atoms with E-state index in [0.717, 1.165) is 9.15 Å². The van der Waals surface area contributed by atoms with E-state index in [0.29, 0.717) is 16.7 Å². The van der Waals surface area contributed by atoms with Crippen molar-refractivity contribution in [1.82, 2.24) is 9.66 Å². The molecule has 0 amide bonds. The first-order valence-electron chi connectivity index (χ1n) is 7.92. The summed E-state index contributed by atoms with van der Waals surface area (Å²) in [5.41, 5.74) is 0.232. The summed E-state index contributed by atoms with van der Waals surface area (Å²) in [4.78, 5) is 27.6. The zero-order valence-corrected chi connectivity index (χ0v) is 16.1. The van der Waals surface area contributed by atoms with Gasteiger partial charge in [-0.15, -0.1) is 0 Å². The number of hydrogen-bond donors (Lipinski definition) is 0. The van der Waals surface area contributed by atoms with Gasteiger partial charge in [0.2, 0.25) is 0 Å². The van der Waals surface area contributed by atoms with Crippen LogP contribution in [0.3, 0.4) is 0 Å². The van der Waals surface area contributed by atoms with E-state index in [1.54, 1.807) is 25.1 Å². The lowest BCUT2D eigenvalue weighted by atomic mass is 10.2. The van der Waals surface area contributed by atoms with Gasteiger partial charge in [0.05, 0.1) is 22.0 Å². The molecule has 2 aromatic carbocycles. The number of nitro benzene ring substituents is 1. The molecular weight excluding hydrogens is 430 g/mol. The predicted molar refractivity (Wildman–Crippen MR) is 106 cm³/mol. The van der Waals surface area contributed by atoms with Crippen molar-refractivity contribution in [2.45, 2.75) is 6.92 Å². The van der Waals surface area contributed by atoms with Crippen molar-refractivity contribution in [3.05, 3.63) is 72.7 Å². The Morgan fingerprint density at radius 1 is 1.39 bits per heavy atom. The predicted octanol–water partition coefficient (Wildman–Crippen LogP) is 3.16. The van der Waals surface area contributed by atoms with Crippen LogP contribution in [0.4, 0.5) is 5.69 Å². The van der Waals surface area contributed by atoms with E-state index in [1.807, 2.05) is 6.07 Å². The van der Waals surface area contributed by atoms with Gasteiger partial charge in [0.15, 0.2) is 6.61 Å². The van der Waals surface area contributed by atoms with Gasteiger partial charge in [-0.3, -0.25) is 14.9 Å². The van der Waals surface area contributed by atoms with Crippen molar-refractivity contribution in [3.63, 3.8) is 0 Å². The van der Waals surface area contributed by atoms with Gasteiger partial charge in [-0.05, 0) is 31.2 Å². The van der Waals surface area contributed by atoms with Crippen LogP contribution in [0.15, 0.2) is 50.8 Å². The molecule has 0 saturated heterocycles. The maximum absolute atomic E-state index is 12.8. The maximum atomic E-state index is 12.8. The van der Waals surface area contributed by atoms with Crippen LogP contribution in [0, 0.1) is 28.4 Å². The molecule has 0 radical (unpaired) electrons. The molecule has 28 heavy (non-hydrogen) atoms. The van der Waals surface area contributed by atoms with Crippen LogP contribution >= 0.6 is 15.9 Å². The highest BCUT2D eigenvalue weighted by Gasteiger charge is 2.12. The van der Waals surface area contributed by atoms with Crippen molar-refractivity contribution in [3.8, 4) is 11.8 Å². The first-order valence-corrected chi connectivity index (χ1v) is 8.71. The average Bonchev–Trinajstić information content (AvgIpc) is 2.67. The Morgan fingerprint density at radius 3 is 2.89 bits per heavy atom. The van der Waals surface area contributed by atoms with Gasteiger partial charge < -0.3 is 4.74 Å². The van der Waals surface area contributed by atoms with E-state index in [1.165, 1.54) is 24.4 Å². The average molecular weight is 442 g/mol. The summed E-state index contributed by atoms with van der Waals surface area (Å²) >= 11 is 3.32. The van der Waals surface area contributed by atoms with E-state index in [2.05, 4.69) is 26.0 Å². The quantitative estimate of drug-likeness (QED) is 0.340. The SMILES string of the molecule is Cc1nc2ccc(Br)cc2c(=O)n1N=Cc1cc([N+](=O)[O-])ccc1OCC#N. The van der Waals surface area contributed by atoms with E-state index in [4.69, 9.17) is 10.00 Å². The molecule has 1 aromatic heterocycles. The van der Waals surface area contributed by atoms with Crippen molar-refractivity contribution in [1.29, 1.82) is 5.26 Å². The minimum atomic E-state index is -0.558. The fraction of sp³-hybridized carbons (Fsp3) is 0.111. The standard InChI is InChI=1S/C18H12BrN5O4/c1-11-22-16-4-2-13(19)9-15(16)18(25)23(11)21-10-12-8-14(24(26)27)3-5-17(12)28-7-6-20/h2-5,8-10H,7H2,1H3. The maximum Gasteiger partial charge on any atom is 0.282 e. The molecule has 0 saturated carbocycles. The smallest absolute Gasteiger partial charge is 0.282 e. The Bertz CT molecular complexity index is 1210. The normalized spacial score (nSPS) is 10.9. The van der Waals surface area contributed by atoms with Gasteiger partial charge in [0.25, 0.3) is 11.2 Å². The van der Waals surface area contributed by atoms with Gasteiger partial charge in [0.1, 0.15) is 17.6 Å². The highest BCUT2D eigenvalue weighted by Crippen LogP contribution is 2.23. The number of fused-ring (bicyclic) bond motifs is 1. The fourth-order valence-electron chi connectivity index (χ4n) is 2.51. The molecular formula is C18H12BrN5O4. The number of nitro groups is 1. The summed E-state index contributed by atoms with van der Waals surface area (Å²) in [5.74, 6) is 0.582. The minimum Gasteiger partial charge on any atom is -0.478 e. The second-order valence-electron chi connectivity index (χ2n) is 5.61. The molecule has 0 bridgehead atoms. The van der Waals surface area contributed by atoms with Gasteiger partial charge in [-0.25, -0.2) is 4.98 Å². The summed E-state index contributed by atoms with van der Waals surface area (Å²) in [7, 11) is 0. The van der Waals surface area contributed by atoms with Crippen LogP contribution < -0.4 is 10.3 Å². The van der Waals surface area contributed by atoms with E-state index < -0.39 is 4.92 Å². The third-order valence-corrected chi connectivity index (χ3v) is 4.27. The first kappa shape index (κ1) is 19.2. The molecule has 0 N–H and O–H groups in total. The van der Waals surface area contributed by atoms with Gasteiger partial charge in [-0.2, -0.15) is 15.0 Å². The van der Waals surface area contributed by atoms with Gasteiger partial charge in [-0.1, -0.05) is 15.9 Å². The Balaban J connectivity index is 2.11. The lowest BCUT2D eigenvalue weighted by Crippen LogP contribution is -2.20. The van der Waals surface area contributed by atoms with Crippen molar-refractivity contribution >= 4 is 38.7 Å². The zero-order valence-electron chi connectivity index (χ0n) is 14.5. The monoisotopic (exact) mass is 441 g/mol. The number of aryl methyl sites for hydroxylation is 1. The van der Waals surface area contributed by atoms with Crippen molar-refractivity contribution in [2.75, 3.05) is 6.61 Å². The largest absolute Gasteiger partial charge is 0.478 e. The Labute approximate surface area is 166 Å². The van der Waals surface area contributed by atoms with Crippen LogP contribution in [0.5, 0.6) is 5.75 Å². The molecule has 9 nitrogen and oxygen atoms in total. The molecule has 0 spiro atoms. The molecule has 0 aliphatic rings. The molecule has 10 heteroatoms. The number of hydrogen-bond acceptors (Lipinski definition) is 7. The van der Waals surface area contributed by atoms with Crippen LogP contribution in [0.25, 0.3) is 10.9 Å². The number of benzene rings is 2. The number of nitrogens with zero attached hydrogens (tertiary/aromatic N) is 5. The second kappa shape index (κ2) is 7.98. The fourth-order valence-corrected chi connectivity index (χ4v) is 2.87. The molecule has 3 rings (SSSR count). The molecule has 0 atom stereocenters. The summed E-state index contributed by atoms with van der Waals surface area (Å²) < 4.78 is 7.10. The van der Waals surface area contributed by atoms with Crippen LogP contribution in [-0.4, -0.2) is 27.4 Å². The Kier molecular flexibility index (Phi) is 5.47. The van der Waals surface area contributed by atoms with E-state index in [9.17, 15) is 14.9 Å². The first-order chi connectivity index (χ1) is 13.4. The lowest BCUT2D eigenvalue weighted by molar-refractivity contribution is -0.384. The van der Waals surface area contributed by atoms with Crippen LogP contribution in [-0.2, 0) is 0 Å². The minimum absolute atomic E-state index is 0.171. The topological polar surface area (TPSA) is 123 Å². The molecule has 140 valence electrons. The molecule has 3 aromatic rings.